The Hall–Kier alpha value is -1.36. The number of carbonyl (C=O) groups excluding carboxylic acids is 2. The Morgan fingerprint density at radius 1 is 1.04 bits per heavy atom. The highest BCUT2D eigenvalue weighted by molar-refractivity contribution is 8.13. The molecule has 1 heterocycles. The molecule has 0 fully saturated rings. The van der Waals surface area contributed by atoms with Crippen LogP contribution in [0, 0.1) is 0 Å². The van der Waals surface area contributed by atoms with Gasteiger partial charge in [-0.3, -0.25) is 9.59 Å². The Balaban J connectivity index is 4.05. The van der Waals surface area contributed by atoms with E-state index in [2.05, 4.69) is 10.3 Å². The van der Waals surface area contributed by atoms with Gasteiger partial charge >= 0.3 is 6.18 Å². The predicted octanol–water partition coefficient (Wildman–Crippen LogP) is 4.86. The van der Waals surface area contributed by atoms with E-state index < -0.39 is 57.1 Å². The minimum atomic E-state index is -5.14. The number of hydrogen-bond donors (Lipinski definition) is 1. The average Bonchev–Trinajstić information content (AvgIpc) is 2.50. The van der Waals surface area contributed by atoms with Crippen molar-refractivity contribution in [1.82, 2.24) is 4.98 Å². The maximum Gasteiger partial charge on any atom is 0.434 e. The van der Waals surface area contributed by atoms with Gasteiger partial charge in [-0.2, -0.15) is 13.2 Å². The first-order valence-electron chi connectivity index (χ1n) is 6.82. The molecule has 4 nitrogen and oxygen atoms in total. The molecule has 0 radical (unpaired) electrons. The molecule has 0 spiro atoms. The zero-order valence-corrected chi connectivity index (χ0v) is 15.3. The highest BCUT2D eigenvalue weighted by Gasteiger charge is 2.42. The minimum absolute atomic E-state index is 0.467. The zero-order chi connectivity index (χ0) is 19.5. The number of carbonyl (C=O) groups is 2. The van der Waals surface area contributed by atoms with Crippen molar-refractivity contribution in [3.8, 4) is 0 Å². The normalized spacial score (nSPS) is 12.0. The summed E-state index contributed by atoms with van der Waals surface area (Å²) >= 11 is 1.01. The van der Waals surface area contributed by atoms with Crippen LogP contribution in [0.15, 0.2) is 0 Å². The fourth-order valence-corrected chi connectivity index (χ4v) is 2.82. The molecule has 1 rings (SSSR count). The van der Waals surface area contributed by atoms with Crippen molar-refractivity contribution >= 4 is 39.4 Å². The van der Waals surface area contributed by atoms with E-state index >= 15 is 0 Å². The van der Waals surface area contributed by atoms with Crippen LogP contribution >= 0.6 is 23.5 Å². The summed E-state index contributed by atoms with van der Waals surface area (Å²) in [6.07, 6.45) is -6.01. The third-order valence-electron chi connectivity index (χ3n) is 2.91. The number of aromatic nitrogens is 1. The first-order chi connectivity index (χ1) is 11.4. The molecule has 0 amide bonds. The van der Waals surface area contributed by atoms with Crippen molar-refractivity contribution in [3.05, 3.63) is 22.5 Å². The lowest BCUT2D eigenvalue weighted by atomic mass is 10.0. The molecule has 0 saturated heterocycles. The van der Waals surface area contributed by atoms with Crippen molar-refractivity contribution in [2.75, 3.05) is 17.8 Å². The molecule has 0 atom stereocenters. The summed E-state index contributed by atoms with van der Waals surface area (Å²) in [6, 6.07) is -0.518. The molecular weight excluding hydrogens is 387 g/mol. The third kappa shape index (κ3) is 4.84. The Morgan fingerprint density at radius 3 is 1.88 bits per heavy atom. The van der Waals surface area contributed by atoms with E-state index in [9.17, 15) is 31.5 Å². The standard InChI is InChI=1S/C14H15F5N2O2S2/c1-5(2)20-8-6(12(22)24-3)9(11(15)16)21-10(14(17,18)19)7(8)13(23)25-4/h5,11H,1-4H3,(H,20,21). The van der Waals surface area contributed by atoms with Crippen LogP contribution in [0.1, 0.15) is 52.4 Å². The summed E-state index contributed by atoms with van der Waals surface area (Å²) in [5.74, 6) is 0. The molecule has 25 heavy (non-hydrogen) atoms. The molecule has 0 aliphatic carbocycles. The summed E-state index contributed by atoms with van der Waals surface area (Å²) in [7, 11) is 0. The van der Waals surface area contributed by atoms with Crippen molar-refractivity contribution in [1.29, 1.82) is 0 Å². The van der Waals surface area contributed by atoms with Crippen molar-refractivity contribution in [2.24, 2.45) is 0 Å². The molecule has 11 heteroatoms. The van der Waals surface area contributed by atoms with Crippen LogP contribution in [-0.2, 0) is 6.18 Å². The number of thioether (sulfide) groups is 2. The largest absolute Gasteiger partial charge is 0.434 e. The van der Waals surface area contributed by atoms with E-state index in [0.717, 1.165) is 0 Å². The summed E-state index contributed by atoms with van der Waals surface area (Å²) in [6.45, 7) is 3.08. The Labute approximate surface area is 149 Å². The molecular formula is C14H15F5N2O2S2. The predicted molar refractivity (Wildman–Crippen MR) is 88.6 cm³/mol. The van der Waals surface area contributed by atoms with Crippen molar-refractivity contribution < 1.29 is 31.5 Å². The van der Waals surface area contributed by atoms with E-state index in [-0.39, 0.29) is 0 Å². The maximum absolute atomic E-state index is 13.3. The zero-order valence-electron chi connectivity index (χ0n) is 13.6. The third-order valence-corrected chi connectivity index (χ3v) is 4.06. The van der Waals surface area contributed by atoms with Gasteiger partial charge in [-0.05, 0) is 26.4 Å². The van der Waals surface area contributed by atoms with Gasteiger partial charge in [0.15, 0.2) is 5.69 Å². The lowest BCUT2D eigenvalue weighted by Crippen LogP contribution is -2.24. The van der Waals surface area contributed by atoms with Crippen molar-refractivity contribution in [2.45, 2.75) is 32.5 Å². The van der Waals surface area contributed by atoms with E-state index in [1.54, 1.807) is 0 Å². The molecule has 1 aromatic heterocycles. The van der Waals surface area contributed by atoms with Gasteiger partial charge in [0.25, 0.3) is 6.43 Å². The molecule has 140 valence electrons. The van der Waals surface area contributed by atoms with Crippen LogP contribution < -0.4 is 5.32 Å². The number of anilines is 1. The van der Waals surface area contributed by atoms with Crippen molar-refractivity contribution in [3.63, 3.8) is 0 Å². The van der Waals surface area contributed by atoms with E-state index in [4.69, 9.17) is 0 Å². The Kier molecular flexibility index (Phi) is 7.24. The highest BCUT2D eigenvalue weighted by atomic mass is 32.2. The molecule has 0 aromatic carbocycles. The lowest BCUT2D eigenvalue weighted by Gasteiger charge is -2.22. The number of pyridine rings is 1. The first kappa shape index (κ1) is 21.7. The lowest BCUT2D eigenvalue weighted by molar-refractivity contribution is -0.141. The molecule has 1 aromatic rings. The van der Waals surface area contributed by atoms with Crippen LogP contribution in [0.3, 0.4) is 0 Å². The van der Waals surface area contributed by atoms with Gasteiger partial charge in [-0.1, -0.05) is 23.5 Å². The van der Waals surface area contributed by atoms with Crippen LogP contribution in [0.4, 0.5) is 27.6 Å². The molecule has 0 saturated carbocycles. The number of halogens is 5. The number of hydrogen-bond acceptors (Lipinski definition) is 6. The average molecular weight is 402 g/mol. The van der Waals surface area contributed by atoms with Crippen LogP contribution in [0.5, 0.6) is 0 Å². The van der Waals surface area contributed by atoms with Gasteiger partial charge in [0.2, 0.25) is 10.2 Å². The quantitative estimate of drug-likeness (QED) is 0.710. The Bertz CT molecular complexity index is 678. The second kappa shape index (κ2) is 8.35. The fraction of sp³-hybridized carbons (Fsp3) is 0.500. The number of rotatable bonds is 5. The number of alkyl halides is 5. The van der Waals surface area contributed by atoms with Gasteiger partial charge in [0, 0.05) is 6.04 Å². The monoisotopic (exact) mass is 402 g/mol. The molecule has 0 unspecified atom stereocenters. The second-order valence-electron chi connectivity index (χ2n) is 5.05. The van der Waals surface area contributed by atoms with Gasteiger partial charge < -0.3 is 5.32 Å². The van der Waals surface area contributed by atoms with Gasteiger partial charge in [-0.15, -0.1) is 0 Å². The van der Waals surface area contributed by atoms with Gasteiger partial charge in [-0.25, -0.2) is 13.8 Å². The maximum atomic E-state index is 13.3. The molecule has 0 aliphatic heterocycles. The topological polar surface area (TPSA) is 59.1 Å². The van der Waals surface area contributed by atoms with Crippen LogP contribution in [0.2, 0.25) is 0 Å². The molecule has 0 aliphatic rings. The Morgan fingerprint density at radius 2 is 1.52 bits per heavy atom. The van der Waals surface area contributed by atoms with Crippen LogP contribution in [0.25, 0.3) is 0 Å². The summed E-state index contributed by atoms with van der Waals surface area (Å²) in [5.41, 5.74) is -5.22. The SMILES string of the molecule is CSC(=O)c1c(C(F)F)nc(C(F)(F)F)c(C(=O)SC)c1NC(C)C. The summed E-state index contributed by atoms with van der Waals surface area (Å²) in [4.78, 5) is 27.2. The number of nitrogens with one attached hydrogen (secondary N) is 1. The minimum Gasteiger partial charge on any atom is -0.382 e. The van der Waals surface area contributed by atoms with Crippen LogP contribution in [-0.4, -0.2) is 33.8 Å². The number of nitrogens with zero attached hydrogens (tertiary/aromatic N) is 1. The fourth-order valence-electron chi connectivity index (χ4n) is 2.01. The van der Waals surface area contributed by atoms with E-state index in [1.807, 2.05) is 0 Å². The van der Waals surface area contributed by atoms with Gasteiger partial charge in [0.05, 0.1) is 16.8 Å². The molecule has 1 N–H and O–H groups in total. The van der Waals surface area contributed by atoms with E-state index in [0.29, 0.717) is 23.5 Å². The smallest absolute Gasteiger partial charge is 0.382 e. The summed E-state index contributed by atoms with van der Waals surface area (Å²) in [5, 5.41) is 0.602. The second-order valence-corrected chi connectivity index (χ2v) is 6.61. The van der Waals surface area contributed by atoms with E-state index in [1.165, 1.54) is 26.4 Å². The highest BCUT2D eigenvalue weighted by Crippen LogP contribution is 2.41. The summed E-state index contributed by atoms with van der Waals surface area (Å²) < 4.78 is 66.6. The first-order valence-corrected chi connectivity index (χ1v) is 9.27. The van der Waals surface area contributed by atoms with Gasteiger partial charge in [0.1, 0.15) is 5.69 Å². The molecule has 0 bridgehead atoms.